The average Bonchev–Trinajstić information content (AvgIpc) is 3.28. The lowest BCUT2D eigenvalue weighted by molar-refractivity contribution is 1.37. The van der Waals surface area contributed by atoms with Crippen molar-refractivity contribution in [1.29, 1.82) is 0 Å². The molecule has 0 aliphatic carbocycles. The third-order valence-corrected chi connectivity index (χ3v) is 15.0. The summed E-state index contributed by atoms with van der Waals surface area (Å²) >= 11 is 0. The van der Waals surface area contributed by atoms with Crippen molar-refractivity contribution < 1.29 is 0 Å². The highest BCUT2D eigenvalue weighted by Gasteiger charge is 2.24. The smallest absolute Gasteiger partial charge is 0.138 e. The normalized spacial score (nSPS) is 11.8. The molecule has 0 aromatic heterocycles. The van der Waals surface area contributed by atoms with Crippen LogP contribution in [0.25, 0.3) is 11.1 Å². The lowest BCUT2D eigenvalue weighted by atomic mass is 10.0. The minimum absolute atomic E-state index is 0.887. The molecule has 0 atom stereocenters. The van der Waals surface area contributed by atoms with Gasteiger partial charge >= 0.3 is 0 Å². The van der Waals surface area contributed by atoms with Gasteiger partial charge in [-0.25, -0.2) is 9.98 Å². The van der Waals surface area contributed by atoms with Gasteiger partial charge in [-0.3, -0.25) is 0 Å². The molecule has 6 heteroatoms. The van der Waals surface area contributed by atoms with Crippen molar-refractivity contribution in [2.45, 2.75) is 27.7 Å². The van der Waals surface area contributed by atoms with Gasteiger partial charge in [-0.2, -0.15) is 0 Å². The maximum atomic E-state index is 5.47. The molecule has 0 unspecified atom stereocenters. The number of aryl methyl sites for hydroxylation is 4. The largest absolute Gasteiger partial charge is 0.339 e. The van der Waals surface area contributed by atoms with Gasteiger partial charge in [-0.15, -0.1) is 0 Å². The zero-order valence-corrected chi connectivity index (χ0v) is 36.2. The first-order valence-corrected chi connectivity index (χ1v) is 22.9. The van der Waals surface area contributed by atoms with Crippen LogP contribution < -0.4 is 31.9 Å². The van der Waals surface area contributed by atoms with Crippen molar-refractivity contribution in [3.63, 3.8) is 0 Å². The Labute approximate surface area is 357 Å². The van der Waals surface area contributed by atoms with E-state index >= 15 is 0 Å². The van der Waals surface area contributed by atoms with Gasteiger partial charge < -0.3 is 10.6 Å². The van der Waals surface area contributed by atoms with Crippen molar-refractivity contribution in [1.82, 2.24) is 0 Å². The average molecular weight is 815 g/mol. The highest BCUT2D eigenvalue weighted by molar-refractivity contribution is 7.88. The number of rotatable bonds is 11. The van der Waals surface area contributed by atoms with Crippen LogP contribution in [-0.2, 0) is 0 Å². The molecule has 0 fully saturated rings. The molecule has 0 radical (unpaired) electrons. The second-order valence-electron chi connectivity index (χ2n) is 14.8. The van der Waals surface area contributed by atoms with Crippen molar-refractivity contribution in [3.8, 4) is 11.1 Å². The predicted molar refractivity (Wildman–Crippen MR) is 263 cm³/mol. The Kier molecular flexibility index (Phi) is 12.8. The maximum absolute atomic E-state index is 5.47. The minimum Gasteiger partial charge on any atom is -0.339 e. The Morgan fingerprint density at radius 2 is 0.683 bits per heavy atom. The van der Waals surface area contributed by atoms with Crippen molar-refractivity contribution in [2.24, 2.45) is 9.98 Å². The summed E-state index contributed by atoms with van der Waals surface area (Å²) in [7, 11) is -2.00. The van der Waals surface area contributed by atoms with Crippen LogP contribution in [0.1, 0.15) is 22.3 Å². The topological polar surface area (TPSA) is 48.8 Å². The van der Waals surface area contributed by atoms with Crippen LogP contribution in [0.5, 0.6) is 0 Å². The van der Waals surface area contributed by atoms with Crippen molar-refractivity contribution in [3.05, 3.63) is 229 Å². The number of nitrogens with zero attached hydrogens (tertiary/aromatic N) is 2. The third-order valence-electron chi connectivity index (χ3n) is 10.4. The van der Waals surface area contributed by atoms with Crippen LogP contribution in [-0.4, -0.2) is 11.2 Å². The maximum Gasteiger partial charge on any atom is 0.138 e. The van der Waals surface area contributed by atoms with Crippen LogP contribution in [0.15, 0.2) is 216 Å². The van der Waals surface area contributed by atoms with Gasteiger partial charge in [0.05, 0.1) is 11.4 Å². The van der Waals surface area contributed by atoms with Gasteiger partial charge in [0.25, 0.3) is 0 Å². The molecule has 8 rings (SSSR count). The number of anilines is 2. The van der Waals surface area contributed by atoms with E-state index < -0.39 is 15.8 Å². The van der Waals surface area contributed by atoms with E-state index in [1.807, 2.05) is 0 Å². The number of hydrogen-bond acceptors (Lipinski definition) is 2. The Morgan fingerprint density at radius 1 is 0.333 bits per heavy atom. The quantitative estimate of drug-likeness (QED) is 0.0776. The Morgan fingerprint density at radius 3 is 1.07 bits per heavy atom. The molecular formula is C54H48N4P2. The molecule has 0 spiro atoms. The van der Waals surface area contributed by atoms with Gasteiger partial charge in [0, 0.05) is 27.2 Å². The molecule has 0 bridgehead atoms. The number of amidine groups is 2. The van der Waals surface area contributed by atoms with Gasteiger partial charge in [-0.1, -0.05) is 182 Å². The molecule has 0 heterocycles. The molecule has 0 aliphatic rings. The molecule has 294 valence electrons. The summed E-state index contributed by atoms with van der Waals surface area (Å²) in [6.45, 7) is 8.62. The van der Waals surface area contributed by atoms with Gasteiger partial charge in [0.2, 0.25) is 0 Å². The molecule has 8 aromatic carbocycles. The van der Waals surface area contributed by atoms with E-state index in [0.29, 0.717) is 0 Å². The van der Waals surface area contributed by atoms with Crippen LogP contribution >= 0.6 is 15.8 Å². The number of nitrogens with one attached hydrogen (secondary N) is 2. The van der Waals surface area contributed by atoms with Crippen molar-refractivity contribution in [2.75, 3.05) is 10.6 Å². The summed E-state index contributed by atoms with van der Waals surface area (Å²) < 4.78 is 0. The fourth-order valence-corrected chi connectivity index (χ4v) is 11.7. The van der Waals surface area contributed by atoms with E-state index in [4.69, 9.17) is 9.98 Å². The Bertz CT molecular complexity index is 2620. The fourth-order valence-electron chi connectivity index (χ4n) is 7.34. The molecular weight excluding hydrogens is 767 g/mol. The summed E-state index contributed by atoms with van der Waals surface area (Å²) in [5.41, 5.74) is 12.8. The van der Waals surface area contributed by atoms with Crippen LogP contribution in [0.4, 0.5) is 22.7 Å². The Balaban J connectivity index is 1.18. The van der Waals surface area contributed by atoms with Gasteiger partial charge in [0.15, 0.2) is 0 Å². The van der Waals surface area contributed by atoms with E-state index in [0.717, 1.165) is 45.0 Å². The molecule has 4 nitrogen and oxygen atoms in total. The first-order valence-electron chi connectivity index (χ1n) is 20.3. The lowest BCUT2D eigenvalue weighted by Crippen LogP contribution is -2.24. The molecule has 8 aromatic rings. The van der Waals surface area contributed by atoms with E-state index in [-0.39, 0.29) is 0 Å². The van der Waals surface area contributed by atoms with Crippen LogP contribution in [0, 0.1) is 27.7 Å². The molecule has 60 heavy (non-hydrogen) atoms. The first kappa shape index (κ1) is 40.3. The lowest BCUT2D eigenvalue weighted by Gasteiger charge is -2.24. The number of hydrogen-bond donors (Lipinski definition) is 2. The predicted octanol–water partition coefficient (Wildman–Crippen LogP) is 13.1. The van der Waals surface area contributed by atoms with Gasteiger partial charge in [0.1, 0.15) is 11.2 Å². The standard InChI is InChI=1S/C54H48N4P2/c1-39-20-17-21-40(2)51(39)57-53(59(47-26-9-5-10-27-47)48-28-11-6-12-29-48)55-45-36-34-43(35-37-45)44-24-19-25-46(38-44)56-54(58-52-41(3)22-18-23-42(52)4)60(49-30-13-7-14-31-49)50-32-15-8-16-33-50/h5-38H,1-4H3,(H,55,57)(H,56,58). The summed E-state index contributed by atoms with van der Waals surface area (Å²) in [5.74, 6) is 0. The first-order chi connectivity index (χ1) is 29.4. The monoisotopic (exact) mass is 814 g/mol. The van der Waals surface area contributed by atoms with Crippen LogP contribution in [0.3, 0.4) is 0 Å². The fraction of sp³-hybridized carbons (Fsp3) is 0.0741. The van der Waals surface area contributed by atoms with E-state index in [9.17, 15) is 0 Å². The van der Waals surface area contributed by atoms with Crippen LogP contribution in [0.2, 0.25) is 0 Å². The summed E-state index contributed by atoms with van der Waals surface area (Å²) in [6.07, 6.45) is 0. The molecule has 2 N–H and O–H groups in total. The van der Waals surface area contributed by atoms with Crippen molar-refractivity contribution >= 4 is 71.0 Å². The zero-order chi connectivity index (χ0) is 41.3. The SMILES string of the molecule is Cc1cccc(C)c1N/C(=N/c1cccc(-c2ccc(/N=C(\Nc3c(C)cccc3C)P(c3ccccc3)c3ccccc3)cc2)c1)P(c1ccccc1)c1ccccc1. The van der Waals surface area contributed by atoms with Gasteiger partial charge in [-0.05, 0) is 107 Å². The second kappa shape index (κ2) is 19.1. The zero-order valence-electron chi connectivity index (χ0n) is 34.4. The summed E-state index contributed by atoms with van der Waals surface area (Å²) in [6, 6.07) is 72.9. The summed E-state index contributed by atoms with van der Waals surface area (Å²) in [4.78, 5) is 10.9. The van der Waals surface area contributed by atoms with E-state index in [2.05, 4.69) is 245 Å². The summed E-state index contributed by atoms with van der Waals surface area (Å²) in [5, 5.41) is 12.7. The highest BCUT2D eigenvalue weighted by atomic mass is 31.1. The molecule has 0 amide bonds. The molecule has 0 saturated heterocycles. The molecule has 0 saturated carbocycles. The second-order valence-corrected chi connectivity index (χ2v) is 19.0. The highest BCUT2D eigenvalue weighted by Crippen LogP contribution is 2.41. The third kappa shape index (κ3) is 9.54. The number of benzene rings is 8. The number of para-hydroxylation sites is 2. The molecule has 0 aliphatic heterocycles. The Hall–Kier alpha value is -6.44. The van der Waals surface area contributed by atoms with E-state index in [1.54, 1.807) is 0 Å². The number of aliphatic imine (C=N–C) groups is 2. The minimum atomic E-state index is -1.01. The van der Waals surface area contributed by atoms with E-state index in [1.165, 1.54) is 43.5 Å².